The quantitative estimate of drug-likeness (QED) is 0.619. The molecule has 0 heterocycles. The van der Waals surface area contributed by atoms with Gasteiger partial charge in [0.05, 0.1) is 12.2 Å². The zero-order valence-electron chi connectivity index (χ0n) is 13.4. The SMILES string of the molecule is CC(C)OC(=O)[C@H](NC(=O)OCc1ccccc1)OC(C)C. The second-order valence-corrected chi connectivity index (χ2v) is 5.26. The summed E-state index contributed by atoms with van der Waals surface area (Å²) in [6.45, 7) is 7.07. The van der Waals surface area contributed by atoms with Crippen molar-refractivity contribution in [1.29, 1.82) is 0 Å². The molecule has 0 aliphatic carbocycles. The maximum absolute atomic E-state index is 11.9. The number of amides is 1. The molecule has 0 bridgehead atoms. The zero-order chi connectivity index (χ0) is 16.5. The Bertz CT molecular complexity index is 473. The van der Waals surface area contributed by atoms with Crippen molar-refractivity contribution in [1.82, 2.24) is 5.32 Å². The first kappa shape index (κ1) is 18.0. The summed E-state index contributed by atoms with van der Waals surface area (Å²) in [5.74, 6) is -0.652. The summed E-state index contributed by atoms with van der Waals surface area (Å²) in [5, 5.41) is 2.37. The van der Waals surface area contributed by atoms with E-state index in [1.807, 2.05) is 30.3 Å². The van der Waals surface area contributed by atoms with Crippen molar-refractivity contribution >= 4 is 12.1 Å². The van der Waals surface area contributed by atoms with Crippen LogP contribution < -0.4 is 5.32 Å². The lowest BCUT2D eigenvalue weighted by atomic mass is 10.2. The Labute approximate surface area is 130 Å². The molecule has 0 spiro atoms. The van der Waals surface area contributed by atoms with E-state index in [2.05, 4.69) is 5.32 Å². The van der Waals surface area contributed by atoms with Crippen molar-refractivity contribution in [3.8, 4) is 0 Å². The molecule has 0 saturated carbocycles. The summed E-state index contributed by atoms with van der Waals surface area (Å²) in [6, 6.07) is 9.24. The van der Waals surface area contributed by atoms with Crippen LogP contribution in [-0.2, 0) is 25.6 Å². The summed E-state index contributed by atoms with van der Waals surface area (Å²) in [6.07, 6.45) is -2.48. The molecule has 6 nitrogen and oxygen atoms in total. The minimum absolute atomic E-state index is 0.111. The van der Waals surface area contributed by atoms with Gasteiger partial charge >= 0.3 is 12.1 Å². The molecule has 1 atom stereocenters. The highest BCUT2D eigenvalue weighted by Gasteiger charge is 2.25. The Morgan fingerprint density at radius 3 is 2.23 bits per heavy atom. The maximum Gasteiger partial charge on any atom is 0.409 e. The summed E-state index contributed by atoms with van der Waals surface area (Å²) >= 11 is 0. The van der Waals surface area contributed by atoms with Crippen LogP contribution in [0.2, 0.25) is 0 Å². The molecule has 1 rings (SSSR count). The fourth-order valence-electron chi connectivity index (χ4n) is 1.59. The first-order valence-electron chi connectivity index (χ1n) is 7.21. The van der Waals surface area contributed by atoms with Gasteiger partial charge in [-0.3, -0.25) is 5.32 Å². The van der Waals surface area contributed by atoms with E-state index in [4.69, 9.17) is 14.2 Å². The van der Waals surface area contributed by atoms with Gasteiger partial charge in [-0.1, -0.05) is 30.3 Å². The number of carbonyl (C=O) groups is 2. The van der Waals surface area contributed by atoms with Crippen LogP contribution in [0, 0.1) is 0 Å². The van der Waals surface area contributed by atoms with Gasteiger partial charge < -0.3 is 14.2 Å². The Balaban J connectivity index is 2.53. The standard InChI is InChI=1S/C16H23NO5/c1-11(2)21-14(15(18)22-12(3)4)17-16(19)20-10-13-8-6-5-7-9-13/h5-9,11-12,14H,10H2,1-4H3,(H,17,19)/t14-/m1/s1. The van der Waals surface area contributed by atoms with E-state index in [1.165, 1.54) is 0 Å². The third kappa shape index (κ3) is 7.08. The van der Waals surface area contributed by atoms with Crippen molar-refractivity contribution in [3.05, 3.63) is 35.9 Å². The highest BCUT2D eigenvalue weighted by Crippen LogP contribution is 2.04. The molecule has 0 fully saturated rings. The summed E-state index contributed by atoms with van der Waals surface area (Å²) in [4.78, 5) is 23.7. The van der Waals surface area contributed by atoms with E-state index in [9.17, 15) is 9.59 Å². The summed E-state index contributed by atoms with van der Waals surface area (Å²) < 4.78 is 15.4. The lowest BCUT2D eigenvalue weighted by molar-refractivity contribution is -0.166. The number of hydrogen-bond acceptors (Lipinski definition) is 5. The third-order valence-corrected chi connectivity index (χ3v) is 2.44. The van der Waals surface area contributed by atoms with Gasteiger partial charge in [0.2, 0.25) is 6.23 Å². The van der Waals surface area contributed by atoms with Gasteiger partial charge in [-0.05, 0) is 33.3 Å². The van der Waals surface area contributed by atoms with Crippen LogP contribution in [0.15, 0.2) is 30.3 Å². The van der Waals surface area contributed by atoms with Gasteiger partial charge in [-0.15, -0.1) is 0 Å². The van der Waals surface area contributed by atoms with Gasteiger partial charge in [-0.2, -0.15) is 0 Å². The Hall–Kier alpha value is -2.08. The van der Waals surface area contributed by atoms with Crippen LogP contribution in [0.5, 0.6) is 0 Å². The predicted octanol–water partition coefficient (Wildman–Crippen LogP) is 2.62. The minimum Gasteiger partial charge on any atom is -0.460 e. The van der Waals surface area contributed by atoms with Crippen molar-refractivity contribution in [2.24, 2.45) is 0 Å². The number of carbonyl (C=O) groups excluding carboxylic acids is 2. The minimum atomic E-state index is -1.19. The Morgan fingerprint density at radius 2 is 1.68 bits per heavy atom. The van der Waals surface area contributed by atoms with Crippen molar-refractivity contribution in [3.63, 3.8) is 0 Å². The van der Waals surface area contributed by atoms with Crippen molar-refractivity contribution in [2.45, 2.75) is 52.7 Å². The van der Waals surface area contributed by atoms with Crippen LogP contribution in [0.3, 0.4) is 0 Å². The molecular formula is C16H23NO5. The Kier molecular flexibility index (Phi) is 7.39. The average molecular weight is 309 g/mol. The molecule has 6 heteroatoms. The smallest absolute Gasteiger partial charge is 0.409 e. The number of alkyl carbamates (subject to hydrolysis) is 1. The van der Waals surface area contributed by atoms with E-state index >= 15 is 0 Å². The number of hydrogen-bond donors (Lipinski definition) is 1. The first-order valence-corrected chi connectivity index (χ1v) is 7.21. The average Bonchev–Trinajstić information content (AvgIpc) is 2.44. The molecular weight excluding hydrogens is 286 g/mol. The highest BCUT2D eigenvalue weighted by atomic mass is 16.6. The Morgan fingerprint density at radius 1 is 1.05 bits per heavy atom. The van der Waals surface area contributed by atoms with Crippen molar-refractivity contribution in [2.75, 3.05) is 0 Å². The van der Waals surface area contributed by atoms with Gasteiger partial charge in [0.15, 0.2) is 0 Å². The number of nitrogens with one attached hydrogen (secondary N) is 1. The van der Waals surface area contributed by atoms with Crippen LogP contribution in [0.4, 0.5) is 4.79 Å². The molecule has 0 saturated heterocycles. The number of esters is 1. The summed E-state index contributed by atoms with van der Waals surface area (Å²) in [7, 11) is 0. The van der Waals surface area contributed by atoms with Crippen LogP contribution in [0.1, 0.15) is 33.3 Å². The van der Waals surface area contributed by atoms with E-state index in [1.54, 1.807) is 27.7 Å². The second-order valence-electron chi connectivity index (χ2n) is 5.26. The molecule has 0 aliphatic heterocycles. The monoisotopic (exact) mass is 309 g/mol. The molecule has 1 aromatic carbocycles. The number of ether oxygens (including phenoxy) is 3. The van der Waals surface area contributed by atoms with Crippen LogP contribution >= 0.6 is 0 Å². The van der Waals surface area contributed by atoms with Gasteiger partial charge in [0, 0.05) is 0 Å². The molecule has 0 aromatic heterocycles. The fraction of sp³-hybridized carbons (Fsp3) is 0.500. The van der Waals surface area contributed by atoms with Gasteiger partial charge in [-0.25, -0.2) is 9.59 Å². The molecule has 0 radical (unpaired) electrons. The lowest BCUT2D eigenvalue weighted by Crippen LogP contribution is -2.45. The molecule has 1 aromatic rings. The first-order chi connectivity index (χ1) is 10.4. The zero-order valence-corrected chi connectivity index (χ0v) is 13.4. The molecule has 0 unspecified atom stereocenters. The van der Waals surface area contributed by atoms with E-state index in [-0.39, 0.29) is 18.8 Å². The highest BCUT2D eigenvalue weighted by molar-refractivity contribution is 5.80. The molecule has 1 amide bonds. The molecule has 1 N–H and O–H groups in total. The molecule has 122 valence electrons. The molecule has 0 aliphatic rings. The number of rotatable bonds is 7. The van der Waals surface area contributed by atoms with E-state index in [0.717, 1.165) is 5.56 Å². The van der Waals surface area contributed by atoms with Gasteiger partial charge in [0.25, 0.3) is 0 Å². The van der Waals surface area contributed by atoms with Crippen LogP contribution in [0.25, 0.3) is 0 Å². The van der Waals surface area contributed by atoms with Gasteiger partial charge in [0.1, 0.15) is 6.61 Å². The maximum atomic E-state index is 11.9. The van der Waals surface area contributed by atoms with E-state index in [0.29, 0.717) is 0 Å². The topological polar surface area (TPSA) is 73.9 Å². The largest absolute Gasteiger partial charge is 0.460 e. The number of benzene rings is 1. The predicted molar refractivity (Wildman–Crippen MR) is 81.0 cm³/mol. The van der Waals surface area contributed by atoms with Crippen molar-refractivity contribution < 1.29 is 23.8 Å². The normalized spacial score (nSPS) is 12.1. The van der Waals surface area contributed by atoms with Crippen LogP contribution in [-0.4, -0.2) is 30.5 Å². The second kappa shape index (κ2) is 9.04. The summed E-state index contributed by atoms with van der Waals surface area (Å²) in [5.41, 5.74) is 0.851. The lowest BCUT2D eigenvalue weighted by Gasteiger charge is -2.21. The molecule has 22 heavy (non-hydrogen) atoms. The third-order valence-electron chi connectivity index (χ3n) is 2.44. The fourth-order valence-corrected chi connectivity index (χ4v) is 1.59. The van der Waals surface area contributed by atoms with E-state index < -0.39 is 18.3 Å².